The van der Waals surface area contributed by atoms with Crippen LogP contribution < -0.4 is 10.2 Å². The predicted octanol–water partition coefficient (Wildman–Crippen LogP) is 2.58. The Hall–Kier alpha value is -2.15. The molecule has 7 nitrogen and oxygen atoms in total. The Balaban J connectivity index is 2.25. The summed E-state index contributed by atoms with van der Waals surface area (Å²) in [7, 11) is 0. The van der Waals surface area contributed by atoms with E-state index in [4.69, 9.17) is 5.11 Å². The molecule has 3 atom stereocenters. The normalized spacial score (nSPS) is 21.7. The molecule has 1 heterocycles. The minimum Gasteiger partial charge on any atom is -0.396 e. The molecule has 1 aromatic carbocycles. The molecule has 1 aromatic rings. The fourth-order valence-corrected chi connectivity index (χ4v) is 3.51. The summed E-state index contributed by atoms with van der Waals surface area (Å²) in [5.74, 6) is 0.590. The molecule has 1 saturated heterocycles. The first-order valence-corrected chi connectivity index (χ1v) is 8.77. The summed E-state index contributed by atoms with van der Waals surface area (Å²) in [5, 5.41) is 23.2. The van der Waals surface area contributed by atoms with Crippen molar-refractivity contribution in [2.75, 3.05) is 24.6 Å². The van der Waals surface area contributed by atoms with Crippen LogP contribution >= 0.6 is 0 Å². The van der Waals surface area contributed by atoms with Gasteiger partial charge in [-0.2, -0.15) is 0 Å². The monoisotopic (exact) mass is 349 g/mol. The van der Waals surface area contributed by atoms with E-state index in [1.54, 1.807) is 19.1 Å². The molecule has 7 heteroatoms. The van der Waals surface area contributed by atoms with Crippen LogP contribution in [0.1, 0.15) is 44.0 Å². The van der Waals surface area contributed by atoms with Gasteiger partial charge in [-0.25, -0.2) is 0 Å². The Morgan fingerprint density at radius 2 is 2.04 bits per heavy atom. The third kappa shape index (κ3) is 4.92. The molecule has 1 amide bonds. The molecule has 0 bridgehead atoms. The van der Waals surface area contributed by atoms with Crippen molar-refractivity contribution < 1.29 is 14.8 Å². The standard InChI is InChI=1S/C18H27N3O4/c1-12-8-13(2)11-20(10-12)16-5-4-15(9-17(16)21(24)25)18(23)19-14(3)6-7-22/h4-5,9,12-14,22H,6-8,10-11H2,1-3H3,(H,19,23)/t12?,13?,14-/m1/s1. The van der Waals surface area contributed by atoms with Gasteiger partial charge >= 0.3 is 0 Å². The molecular formula is C18H27N3O4. The van der Waals surface area contributed by atoms with Gasteiger partial charge in [-0.3, -0.25) is 14.9 Å². The summed E-state index contributed by atoms with van der Waals surface area (Å²) in [6.45, 7) is 7.63. The van der Waals surface area contributed by atoms with E-state index >= 15 is 0 Å². The molecular weight excluding hydrogens is 322 g/mol. The number of hydrogen-bond acceptors (Lipinski definition) is 5. The lowest BCUT2D eigenvalue weighted by Gasteiger charge is -2.36. The highest BCUT2D eigenvalue weighted by atomic mass is 16.6. The van der Waals surface area contributed by atoms with E-state index in [0.29, 0.717) is 23.9 Å². The maximum Gasteiger partial charge on any atom is 0.293 e. The van der Waals surface area contributed by atoms with Gasteiger partial charge in [-0.05, 0) is 43.7 Å². The molecule has 0 spiro atoms. The van der Waals surface area contributed by atoms with Gasteiger partial charge in [-0.15, -0.1) is 0 Å². The fourth-order valence-electron chi connectivity index (χ4n) is 3.51. The second-order valence-electron chi connectivity index (χ2n) is 7.20. The van der Waals surface area contributed by atoms with E-state index in [9.17, 15) is 14.9 Å². The average Bonchev–Trinajstić information content (AvgIpc) is 2.53. The molecule has 2 unspecified atom stereocenters. The van der Waals surface area contributed by atoms with Crippen LogP contribution in [0.15, 0.2) is 18.2 Å². The smallest absolute Gasteiger partial charge is 0.293 e. The number of carbonyl (C=O) groups excluding carboxylic acids is 1. The number of aliphatic hydroxyl groups excluding tert-OH is 1. The number of rotatable bonds is 6. The van der Waals surface area contributed by atoms with Crippen LogP contribution in [0, 0.1) is 22.0 Å². The SMILES string of the molecule is CC1CC(C)CN(c2ccc(C(=O)N[C@H](C)CCO)cc2[N+](=O)[O-])C1. The summed E-state index contributed by atoms with van der Waals surface area (Å²) in [6.07, 6.45) is 1.56. The summed E-state index contributed by atoms with van der Waals surface area (Å²) >= 11 is 0. The third-order valence-electron chi connectivity index (χ3n) is 4.58. The first kappa shape index (κ1) is 19.2. The zero-order valence-corrected chi connectivity index (χ0v) is 15.1. The Morgan fingerprint density at radius 3 is 2.60 bits per heavy atom. The highest BCUT2D eigenvalue weighted by Crippen LogP contribution is 2.33. The molecule has 0 radical (unpaired) electrons. The number of nitro benzene ring substituents is 1. The third-order valence-corrected chi connectivity index (χ3v) is 4.58. The van der Waals surface area contributed by atoms with E-state index in [1.807, 2.05) is 4.90 Å². The number of anilines is 1. The summed E-state index contributed by atoms with van der Waals surface area (Å²) < 4.78 is 0. The Bertz CT molecular complexity index is 625. The lowest BCUT2D eigenvalue weighted by atomic mass is 9.91. The second kappa shape index (κ2) is 8.29. The Morgan fingerprint density at radius 1 is 1.40 bits per heavy atom. The summed E-state index contributed by atoms with van der Waals surface area (Å²) in [6, 6.07) is 4.46. The van der Waals surface area contributed by atoms with Gasteiger partial charge in [0.2, 0.25) is 0 Å². The van der Waals surface area contributed by atoms with Crippen LogP contribution in [0.4, 0.5) is 11.4 Å². The molecule has 0 aliphatic carbocycles. The highest BCUT2D eigenvalue weighted by Gasteiger charge is 2.28. The van der Waals surface area contributed by atoms with Gasteiger partial charge in [0.25, 0.3) is 11.6 Å². The predicted molar refractivity (Wildman–Crippen MR) is 96.9 cm³/mol. The molecule has 0 aromatic heterocycles. The van der Waals surface area contributed by atoms with Gasteiger partial charge in [0.1, 0.15) is 5.69 Å². The van der Waals surface area contributed by atoms with Crippen molar-refractivity contribution in [3.63, 3.8) is 0 Å². The van der Waals surface area contributed by atoms with Crippen molar-refractivity contribution in [3.8, 4) is 0 Å². The zero-order valence-electron chi connectivity index (χ0n) is 15.1. The van der Waals surface area contributed by atoms with Crippen LogP contribution in [0.25, 0.3) is 0 Å². The van der Waals surface area contributed by atoms with Crippen molar-refractivity contribution in [3.05, 3.63) is 33.9 Å². The van der Waals surface area contributed by atoms with Crippen molar-refractivity contribution >= 4 is 17.3 Å². The largest absolute Gasteiger partial charge is 0.396 e. The van der Waals surface area contributed by atoms with Crippen molar-refractivity contribution in [1.82, 2.24) is 5.32 Å². The lowest BCUT2D eigenvalue weighted by Crippen LogP contribution is -2.39. The first-order valence-electron chi connectivity index (χ1n) is 8.77. The number of benzene rings is 1. The molecule has 1 fully saturated rings. The number of aliphatic hydroxyl groups is 1. The van der Waals surface area contributed by atoms with Crippen LogP contribution in [0.5, 0.6) is 0 Å². The van der Waals surface area contributed by atoms with Crippen LogP contribution in [0.2, 0.25) is 0 Å². The quantitative estimate of drug-likeness (QED) is 0.608. The molecule has 2 N–H and O–H groups in total. The number of nitrogens with zero attached hydrogens (tertiary/aromatic N) is 2. The van der Waals surface area contributed by atoms with Crippen LogP contribution in [0.3, 0.4) is 0 Å². The van der Waals surface area contributed by atoms with Crippen molar-refractivity contribution in [2.24, 2.45) is 11.8 Å². The van der Waals surface area contributed by atoms with E-state index in [2.05, 4.69) is 19.2 Å². The average molecular weight is 349 g/mol. The fraction of sp³-hybridized carbons (Fsp3) is 0.611. The number of piperidine rings is 1. The Labute approximate surface area is 148 Å². The number of amides is 1. The Kier molecular flexibility index (Phi) is 6.36. The number of hydrogen-bond donors (Lipinski definition) is 2. The molecule has 25 heavy (non-hydrogen) atoms. The van der Waals surface area contributed by atoms with Gasteiger partial charge in [0.05, 0.1) is 4.92 Å². The molecule has 2 rings (SSSR count). The van der Waals surface area contributed by atoms with Crippen molar-refractivity contribution in [2.45, 2.75) is 39.7 Å². The van der Waals surface area contributed by atoms with E-state index in [0.717, 1.165) is 19.5 Å². The van der Waals surface area contributed by atoms with Gasteiger partial charge in [0.15, 0.2) is 0 Å². The van der Waals surface area contributed by atoms with E-state index in [1.165, 1.54) is 6.07 Å². The summed E-state index contributed by atoms with van der Waals surface area (Å²) in [4.78, 5) is 25.4. The van der Waals surface area contributed by atoms with Crippen molar-refractivity contribution in [1.29, 1.82) is 0 Å². The molecule has 0 saturated carbocycles. The van der Waals surface area contributed by atoms with Crippen LogP contribution in [-0.2, 0) is 0 Å². The summed E-state index contributed by atoms with van der Waals surface area (Å²) in [5.41, 5.74) is 0.797. The topological polar surface area (TPSA) is 95.7 Å². The van der Waals surface area contributed by atoms with Gasteiger partial charge in [-0.1, -0.05) is 13.8 Å². The molecule has 1 aliphatic rings. The first-order chi connectivity index (χ1) is 11.8. The molecule has 1 aliphatic heterocycles. The lowest BCUT2D eigenvalue weighted by molar-refractivity contribution is -0.384. The number of carbonyl (C=O) groups is 1. The highest BCUT2D eigenvalue weighted by molar-refractivity contribution is 5.96. The van der Waals surface area contributed by atoms with Crippen LogP contribution in [-0.4, -0.2) is 41.7 Å². The maximum atomic E-state index is 12.3. The minimum atomic E-state index is -0.423. The van der Waals surface area contributed by atoms with Gasteiger partial charge in [0, 0.05) is 37.4 Å². The second-order valence-corrected chi connectivity index (χ2v) is 7.20. The number of nitro groups is 1. The number of nitrogens with one attached hydrogen (secondary N) is 1. The van der Waals surface area contributed by atoms with E-state index in [-0.39, 0.29) is 29.8 Å². The van der Waals surface area contributed by atoms with E-state index < -0.39 is 4.92 Å². The molecule has 138 valence electrons. The minimum absolute atomic E-state index is 0.0220. The zero-order chi connectivity index (χ0) is 18.6. The van der Waals surface area contributed by atoms with Gasteiger partial charge < -0.3 is 15.3 Å². The maximum absolute atomic E-state index is 12.3.